The van der Waals surface area contributed by atoms with Crippen molar-refractivity contribution in [2.24, 2.45) is 0 Å². The van der Waals surface area contributed by atoms with Crippen molar-refractivity contribution in [3.05, 3.63) is 22.3 Å². The molecule has 1 aliphatic heterocycles. The Bertz CT molecular complexity index is 524. The van der Waals surface area contributed by atoms with E-state index in [0.717, 1.165) is 5.01 Å². The Labute approximate surface area is 119 Å². The van der Waals surface area contributed by atoms with Gasteiger partial charge < -0.3 is 4.74 Å². The molecular weight excluding hydrogens is 293 g/mol. The van der Waals surface area contributed by atoms with Crippen molar-refractivity contribution < 1.29 is 14.3 Å². The highest BCUT2D eigenvalue weighted by molar-refractivity contribution is 6.36. The zero-order valence-electron chi connectivity index (χ0n) is 10.0. The van der Waals surface area contributed by atoms with E-state index in [9.17, 15) is 9.59 Å². The summed E-state index contributed by atoms with van der Waals surface area (Å²) in [5, 5.41) is 1.72. The Morgan fingerprint density at radius 1 is 1.63 bits per heavy atom. The molecule has 0 bridgehead atoms. The minimum Gasteiger partial charge on any atom is -0.465 e. The summed E-state index contributed by atoms with van der Waals surface area (Å²) in [6, 6.07) is 0.749. The Morgan fingerprint density at radius 2 is 2.37 bits per heavy atom. The number of amides is 1. The van der Waals surface area contributed by atoms with Crippen LogP contribution < -0.4 is 10.4 Å². The quantitative estimate of drug-likeness (QED) is 0.858. The lowest BCUT2D eigenvalue weighted by Crippen LogP contribution is -2.42. The number of esters is 1. The van der Waals surface area contributed by atoms with Crippen molar-refractivity contribution in [3.8, 4) is 0 Å². The fourth-order valence-corrected chi connectivity index (χ4v) is 2.13. The molecule has 1 aliphatic rings. The predicted molar refractivity (Wildman–Crippen MR) is 69.9 cm³/mol. The topological polar surface area (TPSA) is 71.5 Å². The molecule has 1 aromatic rings. The summed E-state index contributed by atoms with van der Waals surface area (Å²) in [4.78, 5) is 27.4. The highest BCUT2D eigenvalue weighted by Gasteiger charge is 2.37. The molecular formula is C11H11Cl2N3O3. The van der Waals surface area contributed by atoms with E-state index in [1.165, 1.54) is 12.3 Å². The molecule has 1 atom stereocenters. The first kappa shape index (κ1) is 14.0. The second-order valence-electron chi connectivity index (χ2n) is 3.83. The van der Waals surface area contributed by atoms with Gasteiger partial charge in [-0.2, -0.15) is 0 Å². The minimum absolute atomic E-state index is 0.000527. The van der Waals surface area contributed by atoms with Gasteiger partial charge in [0.15, 0.2) is 5.82 Å². The van der Waals surface area contributed by atoms with Gasteiger partial charge in [-0.05, 0) is 13.0 Å². The molecule has 1 saturated heterocycles. The largest absolute Gasteiger partial charge is 0.465 e. The second-order valence-corrected chi connectivity index (χ2v) is 4.67. The first-order chi connectivity index (χ1) is 9.02. The normalized spacial score (nSPS) is 18.8. The Hall–Kier alpha value is -1.37. The maximum absolute atomic E-state index is 11.9. The van der Waals surface area contributed by atoms with Gasteiger partial charge in [0.05, 0.1) is 23.1 Å². The summed E-state index contributed by atoms with van der Waals surface area (Å²) in [6.45, 7) is 1.95. The molecule has 0 saturated carbocycles. The molecule has 1 N–H and O–H groups in total. The molecule has 0 spiro atoms. The van der Waals surface area contributed by atoms with Gasteiger partial charge in [-0.25, -0.2) is 15.4 Å². The average Bonchev–Trinajstić information content (AvgIpc) is 2.72. The monoisotopic (exact) mass is 303 g/mol. The first-order valence-corrected chi connectivity index (χ1v) is 6.35. The number of halogens is 2. The number of carbonyl (C=O) groups is 2. The van der Waals surface area contributed by atoms with Crippen LogP contribution in [0.1, 0.15) is 13.3 Å². The maximum Gasteiger partial charge on any atom is 0.325 e. The molecule has 1 aromatic heterocycles. The highest BCUT2D eigenvalue weighted by atomic mass is 35.5. The number of nitrogens with one attached hydrogen (secondary N) is 1. The summed E-state index contributed by atoms with van der Waals surface area (Å²) >= 11 is 11.7. The molecule has 8 heteroatoms. The maximum atomic E-state index is 11.9. The van der Waals surface area contributed by atoms with Crippen LogP contribution in [0.15, 0.2) is 12.3 Å². The first-order valence-electron chi connectivity index (χ1n) is 5.59. The fourth-order valence-electron chi connectivity index (χ4n) is 1.67. The predicted octanol–water partition coefficient (Wildman–Crippen LogP) is 1.56. The van der Waals surface area contributed by atoms with E-state index in [1.807, 2.05) is 0 Å². The van der Waals surface area contributed by atoms with Gasteiger partial charge in [0, 0.05) is 6.20 Å². The highest BCUT2D eigenvalue weighted by Crippen LogP contribution is 2.27. The van der Waals surface area contributed by atoms with Gasteiger partial charge >= 0.3 is 5.97 Å². The number of rotatable bonds is 3. The Balaban J connectivity index is 2.18. The molecule has 0 radical (unpaired) electrons. The number of carbonyl (C=O) groups excluding carboxylic acids is 2. The lowest BCUT2D eigenvalue weighted by atomic mass is 10.2. The van der Waals surface area contributed by atoms with Gasteiger partial charge in [-0.3, -0.25) is 9.59 Å². The van der Waals surface area contributed by atoms with E-state index in [4.69, 9.17) is 27.9 Å². The number of hydrazine groups is 1. The number of ether oxygens (including phenoxy) is 1. The van der Waals surface area contributed by atoms with Crippen LogP contribution in [0.25, 0.3) is 0 Å². The van der Waals surface area contributed by atoms with E-state index >= 15 is 0 Å². The number of hydrogen-bond acceptors (Lipinski definition) is 5. The van der Waals surface area contributed by atoms with Crippen LogP contribution in [0.4, 0.5) is 5.82 Å². The molecule has 2 rings (SSSR count). The number of anilines is 1. The van der Waals surface area contributed by atoms with E-state index in [1.54, 1.807) is 6.92 Å². The summed E-state index contributed by atoms with van der Waals surface area (Å²) in [7, 11) is 0. The molecule has 1 amide bonds. The van der Waals surface area contributed by atoms with Crippen LogP contribution >= 0.6 is 23.2 Å². The molecule has 0 aromatic carbocycles. The molecule has 0 aliphatic carbocycles. The number of pyridine rings is 1. The standard InChI is InChI=1S/C11H11Cl2N3O3/c1-2-19-11(18)8-4-9(17)16(15-8)10-7(13)3-6(12)5-14-10/h3,5,8,15H,2,4H2,1H3. The van der Waals surface area contributed by atoms with Crippen molar-refractivity contribution in [1.82, 2.24) is 10.4 Å². The van der Waals surface area contributed by atoms with E-state index < -0.39 is 12.0 Å². The molecule has 1 unspecified atom stereocenters. The second kappa shape index (κ2) is 5.73. The van der Waals surface area contributed by atoms with E-state index in [2.05, 4.69) is 10.4 Å². The SMILES string of the molecule is CCOC(=O)C1CC(=O)N(c2ncc(Cl)cc2Cl)N1. The molecule has 2 heterocycles. The van der Waals surface area contributed by atoms with Crippen molar-refractivity contribution in [1.29, 1.82) is 0 Å². The third kappa shape index (κ3) is 2.97. The average molecular weight is 304 g/mol. The van der Waals surface area contributed by atoms with Gasteiger partial charge in [0.25, 0.3) is 0 Å². The Morgan fingerprint density at radius 3 is 3.00 bits per heavy atom. The summed E-state index contributed by atoms with van der Waals surface area (Å²) < 4.78 is 4.85. The van der Waals surface area contributed by atoms with Crippen LogP contribution in [0.5, 0.6) is 0 Å². The summed E-state index contributed by atoms with van der Waals surface area (Å²) in [5.74, 6) is -0.582. The van der Waals surface area contributed by atoms with Gasteiger partial charge in [0.1, 0.15) is 6.04 Å². The van der Waals surface area contributed by atoms with Crippen molar-refractivity contribution in [2.75, 3.05) is 11.6 Å². The molecule has 6 nitrogen and oxygen atoms in total. The summed E-state index contributed by atoms with van der Waals surface area (Å²) in [6.07, 6.45) is 1.37. The fraction of sp³-hybridized carbons (Fsp3) is 0.364. The van der Waals surface area contributed by atoms with Crippen LogP contribution in [0.2, 0.25) is 10.0 Å². The number of hydrogen-bond donors (Lipinski definition) is 1. The van der Waals surface area contributed by atoms with E-state index in [-0.39, 0.29) is 29.8 Å². The van der Waals surface area contributed by atoms with Gasteiger partial charge in [-0.1, -0.05) is 23.2 Å². The van der Waals surface area contributed by atoms with Crippen LogP contribution in [-0.2, 0) is 14.3 Å². The lowest BCUT2D eigenvalue weighted by molar-refractivity contribution is -0.145. The van der Waals surface area contributed by atoms with Crippen LogP contribution in [0, 0.1) is 0 Å². The van der Waals surface area contributed by atoms with Crippen LogP contribution in [0.3, 0.4) is 0 Å². The lowest BCUT2D eigenvalue weighted by Gasteiger charge is -2.17. The molecule has 102 valence electrons. The zero-order chi connectivity index (χ0) is 14.0. The van der Waals surface area contributed by atoms with Crippen LogP contribution in [-0.4, -0.2) is 29.5 Å². The third-order valence-corrected chi connectivity index (χ3v) is 2.97. The van der Waals surface area contributed by atoms with Gasteiger partial charge in [-0.15, -0.1) is 0 Å². The minimum atomic E-state index is -0.721. The van der Waals surface area contributed by atoms with Crippen molar-refractivity contribution in [3.63, 3.8) is 0 Å². The smallest absolute Gasteiger partial charge is 0.325 e. The van der Waals surface area contributed by atoms with E-state index in [0.29, 0.717) is 5.02 Å². The van der Waals surface area contributed by atoms with Crippen molar-refractivity contribution >= 4 is 40.9 Å². The third-order valence-electron chi connectivity index (χ3n) is 2.48. The number of nitrogens with zero attached hydrogens (tertiary/aromatic N) is 2. The van der Waals surface area contributed by atoms with Crippen molar-refractivity contribution in [2.45, 2.75) is 19.4 Å². The molecule has 19 heavy (non-hydrogen) atoms. The van der Waals surface area contributed by atoms with Gasteiger partial charge in [0.2, 0.25) is 5.91 Å². The number of aromatic nitrogens is 1. The molecule has 1 fully saturated rings. The summed E-state index contributed by atoms with van der Waals surface area (Å²) in [5.41, 5.74) is 2.72. The Kier molecular flexibility index (Phi) is 4.24. The zero-order valence-corrected chi connectivity index (χ0v) is 11.5.